The van der Waals surface area contributed by atoms with E-state index < -0.39 is 5.97 Å². The molecule has 1 heterocycles. The number of carbonyl (C=O) groups is 1. The summed E-state index contributed by atoms with van der Waals surface area (Å²) < 4.78 is 0. The molecule has 19 heavy (non-hydrogen) atoms. The summed E-state index contributed by atoms with van der Waals surface area (Å²) in [5, 5.41) is 9.11. The molecule has 0 aliphatic rings. The van der Waals surface area contributed by atoms with E-state index in [0.29, 0.717) is 17.9 Å². The monoisotopic (exact) mass is 256 g/mol. The van der Waals surface area contributed by atoms with E-state index in [1.807, 2.05) is 38.1 Å². The third kappa shape index (κ3) is 2.96. The lowest BCUT2D eigenvalue weighted by atomic mass is 10.1. The Morgan fingerprint density at radius 2 is 1.95 bits per heavy atom. The Morgan fingerprint density at radius 3 is 2.53 bits per heavy atom. The molecule has 0 aliphatic heterocycles. The van der Waals surface area contributed by atoms with Gasteiger partial charge in [0.2, 0.25) is 0 Å². The molecule has 4 nitrogen and oxygen atoms in total. The van der Waals surface area contributed by atoms with Crippen LogP contribution in [0.5, 0.6) is 0 Å². The minimum atomic E-state index is -0.973. The second-order valence-electron chi connectivity index (χ2n) is 4.48. The van der Waals surface area contributed by atoms with Crippen LogP contribution in [0.3, 0.4) is 0 Å². The highest BCUT2D eigenvalue weighted by Crippen LogP contribution is 2.18. The van der Waals surface area contributed by atoms with Gasteiger partial charge in [-0.3, -0.25) is 0 Å². The molecule has 0 saturated carbocycles. The molecule has 0 aliphatic carbocycles. The summed E-state index contributed by atoms with van der Waals surface area (Å²) in [6.07, 6.45) is 2.89. The number of carboxylic acids is 1. The van der Waals surface area contributed by atoms with Gasteiger partial charge in [-0.1, -0.05) is 43.2 Å². The summed E-state index contributed by atoms with van der Waals surface area (Å²) in [5.74, 6) is -0.396. The third-order valence-corrected chi connectivity index (χ3v) is 2.89. The molecule has 0 bridgehead atoms. The van der Waals surface area contributed by atoms with Gasteiger partial charge in [0.15, 0.2) is 5.82 Å². The SMILES string of the molecule is CCCc1nc(-c2ccc(C)cc2)ncc1C(=O)O. The van der Waals surface area contributed by atoms with Gasteiger partial charge in [-0.15, -0.1) is 0 Å². The minimum Gasteiger partial charge on any atom is -0.478 e. The summed E-state index contributed by atoms with van der Waals surface area (Å²) in [4.78, 5) is 19.7. The lowest BCUT2D eigenvalue weighted by Crippen LogP contribution is -2.07. The van der Waals surface area contributed by atoms with Crippen LogP contribution in [0.2, 0.25) is 0 Å². The van der Waals surface area contributed by atoms with E-state index in [0.717, 1.165) is 12.0 Å². The van der Waals surface area contributed by atoms with Gasteiger partial charge in [0.05, 0.1) is 11.3 Å². The number of benzene rings is 1. The minimum absolute atomic E-state index is 0.192. The predicted octanol–water partition coefficient (Wildman–Crippen LogP) is 3.10. The molecule has 0 saturated heterocycles. The van der Waals surface area contributed by atoms with Crippen molar-refractivity contribution >= 4 is 5.97 Å². The number of rotatable bonds is 4. The topological polar surface area (TPSA) is 63.1 Å². The zero-order chi connectivity index (χ0) is 13.8. The van der Waals surface area contributed by atoms with E-state index in [4.69, 9.17) is 5.11 Å². The maximum absolute atomic E-state index is 11.1. The van der Waals surface area contributed by atoms with Gasteiger partial charge in [-0.2, -0.15) is 0 Å². The summed E-state index contributed by atoms with van der Waals surface area (Å²) in [6, 6.07) is 7.87. The molecule has 1 aromatic heterocycles. The van der Waals surface area contributed by atoms with Crippen molar-refractivity contribution in [1.29, 1.82) is 0 Å². The normalized spacial score (nSPS) is 10.4. The van der Waals surface area contributed by atoms with E-state index in [2.05, 4.69) is 9.97 Å². The molecule has 98 valence electrons. The molecule has 0 unspecified atom stereocenters. The van der Waals surface area contributed by atoms with Gasteiger partial charge in [0.1, 0.15) is 0 Å². The van der Waals surface area contributed by atoms with Crippen LogP contribution >= 0.6 is 0 Å². The van der Waals surface area contributed by atoms with Gasteiger partial charge < -0.3 is 5.11 Å². The first-order chi connectivity index (χ1) is 9.11. The first-order valence-electron chi connectivity index (χ1n) is 6.28. The van der Waals surface area contributed by atoms with Crippen molar-refractivity contribution in [3.8, 4) is 11.4 Å². The summed E-state index contributed by atoms with van der Waals surface area (Å²) in [7, 11) is 0. The zero-order valence-corrected chi connectivity index (χ0v) is 11.1. The maximum Gasteiger partial charge on any atom is 0.339 e. The van der Waals surface area contributed by atoms with Gasteiger partial charge in [0.25, 0.3) is 0 Å². The van der Waals surface area contributed by atoms with Crippen LogP contribution in [-0.4, -0.2) is 21.0 Å². The molecular formula is C15H16N2O2. The summed E-state index contributed by atoms with van der Waals surface area (Å²) in [6.45, 7) is 4.01. The molecular weight excluding hydrogens is 240 g/mol. The zero-order valence-electron chi connectivity index (χ0n) is 11.1. The van der Waals surface area contributed by atoms with E-state index in [1.165, 1.54) is 11.8 Å². The van der Waals surface area contributed by atoms with Crippen LogP contribution in [-0.2, 0) is 6.42 Å². The number of hydrogen-bond donors (Lipinski definition) is 1. The Hall–Kier alpha value is -2.23. The Morgan fingerprint density at radius 1 is 1.26 bits per heavy atom. The smallest absolute Gasteiger partial charge is 0.339 e. The van der Waals surface area contributed by atoms with Crippen LogP contribution in [0.4, 0.5) is 0 Å². The fourth-order valence-electron chi connectivity index (χ4n) is 1.86. The molecule has 0 spiro atoms. The van der Waals surface area contributed by atoms with Crippen LogP contribution < -0.4 is 0 Å². The number of aromatic nitrogens is 2. The van der Waals surface area contributed by atoms with E-state index in [-0.39, 0.29) is 5.56 Å². The van der Waals surface area contributed by atoms with Crippen molar-refractivity contribution < 1.29 is 9.90 Å². The van der Waals surface area contributed by atoms with E-state index in [1.54, 1.807) is 0 Å². The highest BCUT2D eigenvalue weighted by atomic mass is 16.4. The Kier molecular flexibility index (Phi) is 3.90. The number of nitrogens with zero attached hydrogens (tertiary/aromatic N) is 2. The van der Waals surface area contributed by atoms with Crippen LogP contribution in [0, 0.1) is 6.92 Å². The first-order valence-corrected chi connectivity index (χ1v) is 6.28. The fourth-order valence-corrected chi connectivity index (χ4v) is 1.86. The third-order valence-electron chi connectivity index (χ3n) is 2.89. The predicted molar refractivity (Wildman–Crippen MR) is 73.2 cm³/mol. The Bertz CT molecular complexity index is 592. The Balaban J connectivity index is 2.45. The van der Waals surface area contributed by atoms with Crippen molar-refractivity contribution in [2.24, 2.45) is 0 Å². The average Bonchev–Trinajstić information content (AvgIpc) is 2.39. The highest BCUT2D eigenvalue weighted by molar-refractivity contribution is 5.88. The van der Waals surface area contributed by atoms with Crippen molar-refractivity contribution in [3.63, 3.8) is 0 Å². The number of hydrogen-bond acceptors (Lipinski definition) is 3. The molecule has 0 radical (unpaired) electrons. The molecule has 0 atom stereocenters. The van der Waals surface area contributed by atoms with Crippen molar-refractivity contribution in [2.75, 3.05) is 0 Å². The van der Waals surface area contributed by atoms with Gasteiger partial charge in [-0.25, -0.2) is 14.8 Å². The second-order valence-corrected chi connectivity index (χ2v) is 4.48. The van der Waals surface area contributed by atoms with E-state index in [9.17, 15) is 4.79 Å². The van der Waals surface area contributed by atoms with Crippen LogP contribution in [0.25, 0.3) is 11.4 Å². The summed E-state index contributed by atoms with van der Waals surface area (Å²) in [5.41, 5.74) is 2.86. The fraction of sp³-hybridized carbons (Fsp3) is 0.267. The molecule has 1 aromatic carbocycles. The van der Waals surface area contributed by atoms with Gasteiger partial charge in [0, 0.05) is 11.8 Å². The number of aromatic carboxylic acids is 1. The van der Waals surface area contributed by atoms with Crippen molar-refractivity contribution in [3.05, 3.63) is 47.3 Å². The molecule has 0 amide bonds. The molecule has 4 heteroatoms. The molecule has 0 fully saturated rings. The number of aryl methyl sites for hydroxylation is 2. The van der Waals surface area contributed by atoms with Gasteiger partial charge in [-0.05, 0) is 13.3 Å². The average molecular weight is 256 g/mol. The quantitative estimate of drug-likeness (QED) is 0.913. The van der Waals surface area contributed by atoms with Crippen molar-refractivity contribution in [1.82, 2.24) is 9.97 Å². The van der Waals surface area contributed by atoms with Gasteiger partial charge >= 0.3 is 5.97 Å². The van der Waals surface area contributed by atoms with Crippen LogP contribution in [0.15, 0.2) is 30.5 Å². The number of carboxylic acid groups (broad SMARTS) is 1. The standard InChI is InChI=1S/C15H16N2O2/c1-3-4-13-12(15(18)19)9-16-14(17-13)11-7-5-10(2)6-8-11/h5-9H,3-4H2,1-2H3,(H,18,19). The van der Waals surface area contributed by atoms with Crippen molar-refractivity contribution in [2.45, 2.75) is 26.7 Å². The molecule has 2 rings (SSSR count). The Labute approximate surface area is 112 Å². The lowest BCUT2D eigenvalue weighted by Gasteiger charge is -2.07. The second kappa shape index (κ2) is 5.61. The van der Waals surface area contributed by atoms with Crippen LogP contribution in [0.1, 0.15) is 35.0 Å². The first kappa shape index (κ1) is 13.2. The summed E-state index contributed by atoms with van der Waals surface area (Å²) >= 11 is 0. The largest absolute Gasteiger partial charge is 0.478 e. The highest BCUT2D eigenvalue weighted by Gasteiger charge is 2.13. The van der Waals surface area contributed by atoms with E-state index >= 15 is 0 Å². The maximum atomic E-state index is 11.1. The lowest BCUT2D eigenvalue weighted by molar-refractivity contribution is 0.0694. The molecule has 1 N–H and O–H groups in total. The molecule has 2 aromatic rings.